The number of hydrogen-bond donors (Lipinski definition) is 0. The van der Waals surface area contributed by atoms with Crippen LogP contribution in [0.4, 0.5) is 26.3 Å². The van der Waals surface area contributed by atoms with Crippen LogP contribution in [-0.2, 0) is 16.8 Å². The summed E-state index contributed by atoms with van der Waals surface area (Å²) in [5.74, 6) is -1.15. The first-order chi connectivity index (χ1) is 18.2. The third-order valence-corrected chi connectivity index (χ3v) is 7.52. The predicted octanol–water partition coefficient (Wildman–Crippen LogP) is 5.15. The number of ketones is 1. The van der Waals surface area contributed by atoms with Crippen molar-refractivity contribution in [3.8, 4) is 11.5 Å². The molecule has 0 aliphatic carbocycles. The molecule has 2 aliphatic heterocycles. The smallest absolute Gasteiger partial charge is 0.493 e. The van der Waals surface area contributed by atoms with Crippen molar-refractivity contribution in [2.24, 2.45) is 0 Å². The Labute approximate surface area is 222 Å². The molecule has 1 spiro atoms. The van der Waals surface area contributed by atoms with E-state index in [1.54, 1.807) is 28.8 Å². The van der Waals surface area contributed by atoms with Gasteiger partial charge in [0.15, 0.2) is 11.5 Å². The average molecular weight is 564 g/mol. The van der Waals surface area contributed by atoms with Gasteiger partial charge in [-0.1, -0.05) is 6.07 Å². The molecule has 7 nitrogen and oxygen atoms in total. The maximum absolute atomic E-state index is 13.2. The van der Waals surface area contributed by atoms with Gasteiger partial charge in [0.1, 0.15) is 6.61 Å². The molecule has 1 saturated heterocycles. The molecular weight excluding hydrogens is 532 g/mol. The molecule has 0 saturated carbocycles. The maximum Gasteiger partial charge on any atom is 0.522 e. The summed E-state index contributed by atoms with van der Waals surface area (Å²) in [6.07, 6.45) is -8.33. The molecule has 0 N–H and O–H groups in total. The predicted molar refractivity (Wildman–Crippen MR) is 129 cm³/mol. The monoisotopic (exact) mass is 563 g/mol. The van der Waals surface area contributed by atoms with Crippen LogP contribution in [0.25, 0.3) is 0 Å². The number of rotatable bonds is 8. The fraction of sp³-hybridized carbons (Fsp3) is 0.577. The minimum atomic E-state index is -4.94. The van der Waals surface area contributed by atoms with Gasteiger partial charge >= 0.3 is 12.5 Å². The Morgan fingerprint density at radius 1 is 1.03 bits per heavy atom. The molecule has 4 rings (SSSR count). The van der Waals surface area contributed by atoms with E-state index in [9.17, 15) is 31.1 Å². The van der Waals surface area contributed by atoms with Crippen LogP contribution in [-0.4, -0.2) is 79.7 Å². The summed E-state index contributed by atoms with van der Waals surface area (Å²) in [6, 6.07) is 7.87. The molecule has 1 aromatic heterocycles. The third kappa shape index (κ3) is 6.20. The summed E-state index contributed by atoms with van der Waals surface area (Å²) in [4.78, 5) is 16.5. The molecule has 39 heavy (non-hydrogen) atoms. The van der Waals surface area contributed by atoms with Crippen molar-refractivity contribution >= 4 is 5.78 Å². The Bertz CT molecular complexity index is 1170. The number of halogens is 6. The van der Waals surface area contributed by atoms with Gasteiger partial charge in [0.05, 0.1) is 24.9 Å². The number of aromatic nitrogens is 1. The summed E-state index contributed by atoms with van der Waals surface area (Å²) in [6.45, 7) is 3.30. The highest BCUT2D eigenvalue weighted by atomic mass is 19.4. The molecule has 1 fully saturated rings. The van der Waals surface area contributed by atoms with Crippen molar-refractivity contribution in [1.29, 1.82) is 0 Å². The van der Waals surface area contributed by atoms with Gasteiger partial charge < -0.3 is 14.0 Å². The van der Waals surface area contributed by atoms with Gasteiger partial charge in [-0.25, -0.2) is 0 Å². The second-order valence-corrected chi connectivity index (χ2v) is 9.97. The van der Waals surface area contributed by atoms with Crippen molar-refractivity contribution in [1.82, 2.24) is 14.4 Å². The van der Waals surface area contributed by atoms with Crippen LogP contribution in [0, 0.1) is 0 Å². The summed E-state index contributed by atoms with van der Waals surface area (Å²) in [5.41, 5.74) is 0.836. The molecule has 2 aliphatic rings. The summed E-state index contributed by atoms with van der Waals surface area (Å²) in [5, 5.41) is 0. The van der Waals surface area contributed by atoms with Gasteiger partial charge in [0.25, 0.3) is 5.78 Å². The lowest BCUT2D eigenvalue weighted by Gasteiger charge is -2.52. The van der Waals surface area contributed by atoms with Gasteiger partial charge in [0, 0.05) is 37.9 Å². The largest absolute Gasteiger partial charge is 0.522 e. The lowest BCUT2D eigenvalue weighted by Crippen LogP contribution is -2.56. The number of carbonyl (C=O) groups excluding carboxylic acids is 1. The topological polar surface area (TPSA) is 56.2 Å². The number of likely N-dealkylation sites (tertiary alicyclic amines) is 1. The van der Waals surface area contributed by atoms with Crippen molar-refractivity contribution in [3.05, 3.63) is 47.3 Å². The normalized spacial score (nSPS) is 20.2. The molecule has 3 heterocycles. The van der Waals surface area contributed by atoms with E-state index in [2.05, 4.69) is 14.5 Å². The number of carbonyl (C=O) groups is 1. The SMILES string of the molecule is COc1cc(CN2CCC3(CC2)c2ccc(C(=O)C(F)(F)F)n2C(C)CN3C)ccc1OCCOC(F)(F)F. The Morgan fingerprint density at radius 3 is 2.33 bits per heavy atom. The average Bonchev–Trinajstić information content (AvgIpc) is 3.31. The second-order valence-electron chi connectivity index (χ2n) is 9.97. The first-order valence-corrected chi connectivity index (χ1v) is 12.5. The highest BCUT2D eigenvalue weighted by Gasteiger charge is 2.48. The quantitative estimate of drug-likeness (QED) is 0.252. The number of alkyl halides is 6. The molecule has 1 atom stereocenters. The number of methoxy groups -OCH3 is 1. The maximum atomic E-state index is 13.2. The Hall–Kier alpha value is -2.77. The Morgan fingerprint density at radius 2 is 1.72 bits per heavy atom. The number of hydrogen-bond acceptors (Lipinski definition) is 6. The van der Waals surface area contributed by atoms with E-state index in [0.29, 0.717) is 50.5 Å². The van der Waals surface area contributed by atoms with Crippen LogP contribution in [0.1, 0.15) is 47.6 Å². The lowest BCUT2D eigenvalue weighted by atomic mass is 9.80. The zero-order valence-electron chi connectivity index (χ0n) is 21.9. The molecule has 13 heteroatoms. The highest BCUT2D eigenvalue weighted by Crippen LogP contribution is 2.45. The molecule has 0 bridgehead atoms. The number of benzene rings is 1. The molecule has 216 valence electrons. The number of piperidine rings is 1. The minimum absolute atomic E-state index is 0.279. The molecule has 2 aromatic rings. The molecule has 0 amide bonds. The van der Waals surface area contributed by atoms with E-state index in [0.717, 1.165) is 11.3 Å². The summed E-state index contributed by atoms with van der Waals surface area (Å²) >= 11 is 0. The zero-order valence-corrected chi connectivity index (χ0v) is 21.9. The first kappa shape index (κ1) is 29.2. The number of likely N-dealkylation sites (N-methyl/N-ethyl adjacent to an activating group) is 1. The van der Waals surface area contributed by atoms with E-state index >= 15 is 0 Å². The van der Waals surface area contributed by atoms with Crippen molar-refractivity contribution in [2.45, 2.75) is 50.4 Å². The van der Waals surface area contributed by atoms with Crippen molar-refractivity contribution in [2.75, 3.05) is 47.0 Å². The van der Waals surface area contributed by atoms with Crippen LogP contribution in [0.5, 0.6) is 11.5 Å². The van der Waals surface area contributed by atoms with Crippen LogP contribution in [0.3, 0.4) is 0 Å². The van der Waals surface area contributed by atoms with E-state index < -0.39 is 30.5 Å². The van der Waals surface area contributed by atoms with Gasteiger partial charge in [0.2, 0.25) is 0 Å². The van der Waals surface area contributed by atoms with Gasteiger partial charge in [-0.2, -0.15) is 13.2 Å². The van der Waals surface area contributed by atoms with Gasteiger partial charge in [-0.3, -0.25) is 19.3 Å². The second kappa shape index (κ2) is 11.0. The minimum Gasteiger partial charge on any atom is -0.493 e. The summed E-state index contributed by atoms with van der Waals surface area (Å²) < 4.78 is 92.1. The Kier molecular flexibility index (Phi) is 8.25. The first-order valence-electron chi connectivity index (χ1n) is 12.5. The number of Topliss-reactive ketones (excluding diaryl/α,β-unsaturated/α-hetero) is 1. The van der Waals surface area contributed by atoms with Crippen LogP contribution >= 0.6 is 0 Å². The standard InChI is InChI=1S/C26H31F6N3O4/c1-17-15-33(2)24(22-7-5-19(35(17)22)23(36)25(27,28)29)8-10-34(11-9-24)16-18-4-6-20(21(14-18)37-3)38-12-13-39-26(30,31)32/h4-7,14,17H,8-13,15-16H2,1-3H3. The fourth-order valence-corrected chi connectivity index (χ4v) is 5.70. The zero-order chi connectivity index (χ0) is 28.6. The van der Waals surface area contributed by atoms with E-state index in [1.165, 1.54) is 13.2 Å². The highest BCUT2D eigenvalue weighted by molar-refractivity contribution is 5.99. The molecular formula is C26H31F6N3O4. The Balaban J connectivity index is 1.43. The molecule has 0 radical (unpaired) electrons. The van der Waals surface area contributed by atoms with Gasteiger partial charge in [-0.05, 0) is 56.6 Å². The lowest BCUT2D eigenvalue weighted by molar-refractivity contribution is -0.325. The molecule has 1 aromatic carbocycles. The van der Waals surface area contributed by atoms with Gasteiger partial charge in [-0.15, -0.1) is 13.2 Å². The van der Waals surface area contributed by atoms with Crippen LogP contribution in [0.2, 0.25) is 0 Å². The summed E-state index contributed by atoms with van der Waals surface area (Å²) in [7, 11) is 3.41. The van der Waals surface area contributed by atoms with Crippen LogP contribution < -0.4 is 9.47 Å². The van der Waals surface area contributed by atoms with Crippen molar-refractivity contribution < 1.29 is 45.3 Å². The van der Waals surface area contributed by atoms with E-state index in [1.807, 2.05) is 14.0 Å². The number of ether oxygens (including phenoxy) is 3. The van der Waals surface area contributed by atoms with Crippen LogP contribution in [0.15, 0.2) is 30.3 Å². The number of fused-ring (bicyclic) bond motifs is 2. The third-order valence-electron chi connectivity index (χ3n) is 7.52. The van der Waals surface area contributed by atoms with Crippen molar-refractivity contribution in [3.63, 3.8) is 0 Å². The number of nitrogens with zero attached hydrogens (tertiary/aromatic N) is 3. The van der Waals surface area contributed by atoms with E-state index in [-0.39, 0.29) is 18.3 Å². The fourth-order valence-electron chi connectivity index (χ4n) is 5.70. The molecule has 1 unspecified atom stereocenters. The van der Waals surface area contributed by atoms with E-state index in [4.69, 9.17) is 9.47 Å².